The monoisotopic (exact) mass is 320 g/mol. The standard InChI is InChI=1S/C12H9BrN4S/c13-9-5-7(6-18-9)11-10(12(14)17-16-11)8-3-1-2-4-15-8/h1-6H,(H3,14,16,17). The molecule has 4 nitrogen and oxygen atoms in total. The minimum absolute atomic E-state index is 0.464. The smallest absolute Gasteiger partial charge is 0.155 e. The maximum absolute atomic E-state index is 5.93. The summed E-state index contributed by atoms with van der Waals surface area (Å²) in [6, 6.07) is 7.76. The Morgan fingerprint density at radius 1 is 1.33 bits per heavy atom. The molecular weight excluding hydrogens is 312 g/mol. The molecule has 0 aliphatic heterocycles. The van der Waals surface area contributed by atoms with Gasteiger partial charge in [0.15, 0.2) is 5.82 Å². The second kappa shape index (κ2) is 4.55. The number of H-pyrrole nitrogens is 1. The lowest BCUT2D eigenvalue weighted by Crippen LogP contribution is -1.90. The number of hydrogen-bond acceptors (Lipinski definition) is 4. The molecule has 3 N–H and O–H groups in total. The largest absolute Gasteiger partial charge is 0.382 e. The van der Waals surface area contributed by atoms with E-state index in [1.807, 2.05) is 29.6 Å². The van der Waals surface area contributed by atoms with E-state index in [2.05, 4.69) is 31.1 Å². The highest BCUT2D eigenvalue weighted by molar-refractivity contribution is 9.11. The number of nitrogen functional groups attached to an aromatic ring is 1. The number of aromatic amines is 1. The molecule has 0 radical (unpaired) electrons. The Balaban J connectivity index is 2.18. The lowest BCUT2D eigenvalue weighted by Gasteiger charge is -2.01. The van der Waals surface area contributed by atoms with Crippen LogP contribution in [-0.4, -0.2) is 15.2 Å². The molecule has 3 rings (SSSR count). The number of anilines is 1. The number of aromatic nitrogens is 3. The minimum Gasteiger partial charge on any atom is -0.382 e. The molecule has 0 spiro atoms. The van der Waals surface area contributed by atoms with E-state index in [4.69, 9.17) is 5.73 Å². The summed E-state index contributed by atoms with van der Waals surface area (Å²) in [5.41, 5.74) is 9.54. The molecule has 0 amide bonds. The highest BCUT2D eigenvalue weighted by Gasteiger charge is 2.16. The Hall–Kier alpha value is -1.66. The molecule has 0 aliphatic carbocycles. The van der Waals surface area contributed by atoms with Crippen LogP contribution in [0.25, 0.3) is 22.5 Å². The summed E-state index contributed by atoms with van der Waals surface area (Å²) < 4.78 is 1.07. The Kier molecular flexibility index (Phi) is 2.89. The SMILES string of the molecule is Nc1n[nH]c(-c2csc(Br)c2)c1-c1ccccn1. The average molecular weight is 321 g/mol. The molecule has 3 aromatic heterocycles. The number of nitrogens with one attached hydrogen (secondary N) is 1. The van der Waals surface area contributed by atoms with Gasteiger partial charge in [0, 0.05) is 17.1 Å². The van der Waals surface area contributed by atoms with E-state index in [-0.39, 0.29) is 0 Å². The summed E-state index contributed by atoms with van der Waals surface area (Å²) >= 11 is 5.07. The van der Waals surface area contributed by atoms with Crippen LogP contribution in [0.4, 0.5) is 5.82 Å². The van der Waals surface area contributed by atoms with E-state index in [1.54, 1.807) is 17.5 Å². The first-order chi connectivity index (χ1) is 8.75. The van der Waals surface area contributed by atoms with Crippen LogP contribution in [0.5, 0.6) is 0 Å². The van der Waals surface area contributed by atoms with Gasteiger partial charge in [0.25, 0.3) is 0 Å². The molecule has 0 bridgehead atoms. The van der Waals surface area contributed by atoms with Crippen molar-refractivity contribution >= 4 is 33.1 Å². The van der Waals surface area contributed by atoms with Crippen LogP contribution < -0.4 is 5.73 Å². The molecule has 3 aromatic rings. The normalized spacial score (nSPS) is 10.7. The Bertz CT molecular complexity index is 674. The second-order valence-corrected chi connectivity index (χ2v) is 6.00. The fraction of sp³-hybridized carbons (Fsp3) is 0. The van der Waals surface area contributed by atoms with Crippen molar-refractivity contribution in [2.75, 3.05) is 5.73 Å². The zero-order valence-electron chi connectivity index (χ0n) is 9.22. The minimum atomic E-state index is 0.464. The summed E-state index contributed by atoms with van der Waals surface area (Å²) in [7, 11) is 0. The van der Waals surface area contributed by atoms with Crippen LogP contribution in [0.15, 0.2) is 39.6 Å². The van der Waals surface area contributed by atoms with Gasteiger partial charge in [0.1, 0.15) is 0 Å². The summed E-state index contributed by atoms with van der Waals surface area (Å²) in [6.45, 7) is 0. The van der Waals surface area contributed by atoms with Crippen molar-refractivity contribution in [2.45, 2.75) is 0 Å². The van der Waals surface area contributed by atoms with E-state index in [0.717, 1.165) is 26.3 Å². The zero-order valence-corrected chi connectivity index (χ0v) is 11.6. The van der Waals surface area contributed by atoms with Crippen molar-refractivity contribution < 1.29 is 0 Å². The topological polar surface area (TPSA) is 67.6 Å². The van der Waals surface area contributed by atoms with E-state index >= 15 is 0 Å². The molecule has 18 heavy (non-hydrogen) atoms. The van der Waals surface area contributed by atoms with Gasteiger partial charge in [-0.2, -0.15) is 5.10 Å². The van der Waals surface area contributed by atoms with E-state index in [9.17, 15) is 0 Å². The molecule has 0 unspecified atom stereocenters. The molecule has 0 saturated carbocycles. The fourth-order valence-electron chi connectivity index (χ4n) is 1.78. The van der Waals surface area contributed by atoms with Crippen molar-refractivity contribution in [3.05, 3.63) is 39.6 Å². The summed E-state index contributed by atoms with van der Waals surface area (Å²) in [5, 5.41) is 9.10. The highest BCUT2D eigenvalue weighted by atomic mass is 79.9. The van der Waals surface area contributed by atoms with Crippen LogP contribution in [0.1, 0.15) is 0 Å². The summed E-state index contributed by atoms with van der Waals surface area (Å²) in [5.74, 6) is 0.464. The third-order valence-electron chi connectivity index (χ3n) is 2.57. The number of halogens is 1. The van der Waals surface area contributed by atoms with Crippen molar-refractivity contribution in [3.63, 3.8) is 0 Å². The fourth-order valence-corrected chi connectivity index (χ4v) is 2.92. The number of nitrogens with zero attached hydrogens (tertiary/aromatic N) is 2. The van der Waals surface area contributed by atoms with Crippen LogP contribution >= 0.6 is 27.3 Å². The third-order valence-corrected chi connectivity index (χ3v) is 4.08. The van der Waals surface area contributed by atoms with Gasteiger partial charge < -0.3 is 5.73 Å². The van der Waals surface area contributed by atoms with Crippen LogP contribution in [0.3, 0.4) is 0 Å². The Labute approximate surface area is 116 Å². The molecule has 0 aromatic carbocycles. The van der Waals surface area contributed by atoms with Gasteiger partial charge in [-0.3, -0.25) is 10.1 Å². The van der Waals surface area contributed by atoms with Crippen molar-refractivity contribution in [2.24, 2.45) is 0 Å². The molecule has 90 valence electrons. The molecule has 6 heteroatoms. The van der Waals surface area contributed by atoms with Crippen molar-refractivity contribution in [3.8, 4) is 22.5 Å². The molecular formula is C12H9BrN4S. The first-order valence-electron chi connectivity index (χ1n) is 5.25. The van der Waals surface area contributed by atoms with Crippen molar-refractivity contribution in [1.82, 2.24) is 15.2 Å². The maximum atomic E-state index is 5.93. The average Bonchev–Trinajstić information content (AvgIpc) is 2.96. The van der Waals surface area contributed by atoms with E-state index in [1.165, 1.54) is 0 Å². The number of pyridine rings is 1. The Morgan fingerprint density at radius 3 is 2.89 bits per heavy atom. The van der Waals surface area contributed by atoms with Gasteiger partial charge in [0.2, 0.25) is 0 Å². The van der Waals surface area contributed by atoms with Gasteiger partial charge in [-0.25, -0.2) is 0 Å². The third kappa shape index (κ3) is 1.93. The molecule has 0 atom stereocenters. The predicted molar refractivity (Wildman–Crippen MR) is 77.2 cm³/mol. The van der Waals surface area contributed by atoms with Gasteiger partial charge in [0.05, 0.1) is 20.7 Å². The van der Waals surface area contributed by atoms with Crippen LogP contribution in [0.2, 0.25) is 0 Å². The van der Waals surface area contributed by atoms with Gasteiger partial charge in [-0.15, -0.1) is 11.3 Å². The van der Waals surface area contributed by atoms with Crippen LogP contribution in [0, 0.1) is 0 Å². The summed E-state index contributed by atoms with van der Waals surface area (Å²) in [4.78, 5) is 4.33. The number of hydrogen-bond donors (Lipinski definition) is 2. The number of thiophene rings is 1. The maximum Gasteiger partial charge on any atom is 0.155 e. The first kappa shape index (κ1) is 11.4. The second-order valence-electron chi connectivity index (χ2n) is 3.71. The first-order valence-corrected chi connectivity index (χ1v) is 6.92. The Morgan fingerprint density at radius 2 is 2.22 bits per heavy atom. The molecule has 0 fully saturated rings. The van der Waals surface area contributed by atoms with Gasteiger partial charge in [-0.1, -0.05) is 6.07 Å². The van der Waals surface area contributed by atoms with Crippen molar-refractivity contribution in [1.29, 1.82) is 0 Å². The molecule has 3 heterocycles. The predicted octanol–water partition coefficient (Wildman–Crippen LogP) is 3.54. The zero-order chi connectivity index (χ0) is 12.5. The van der Waals surface area contributed by atoms with Gasteiger partial charge >= 0.3 is 0 Å². The summed E-state index contributed by atoms with van der Waals surface area (Å²) in [6.07, 6.45) is 1.75. The van der Waals surface area contributed by atoms with Gasteiger partial charge in [-0.05, 0) is 34.1 Å². The van der Waals surface area contributed by atoms with E-state index < -0.39 is 0 Å². The molecule has 0 saturated heterocycles. The highest BCUT2D eigenvalue weighted by Crippen LogP contribution is 2.36. The van der Waals surface area contributed by atoms with E-state index in [0.29, 0.717) is 5.82 Å². The number of nitrogens with two attached hydrogens (primary N) is 1. The molecule has 0 aliphatic rings. The quantitative estimate of drug-likeness (QED) is 0.758. The van der Waals surface area contributed by atoms with Crippen LogP contribution in [-0.2, 0) is 0 Å². The number of rotatable bonds is 2. The lowest BCUT2D eigenvalue weighted by molar-refractivity contribution is 1.10. The lowest BCUT2D eigenvalue weighted by atomic mass is 10.1.